The molecule has 0 saturated carbocycles. The number of aromatic nitrogens is 2. The molecule has 0 bridgehead atoms. The fourth-order valence-corrected chi connectivity index (χ4v) is 6.28. The SMILES string of the molecule is CN1C(=O)C(CCNC(=O)n2cc(Cc3ccccc3)cn2)CCc2ccc(N3CC4(CCOCC4)C3)cc21. The van der Waals surface area contributed by atoms with Crippen LogP contribution in [0.4, 0.5) is 16.2 Å². The summed E-state index contributed by atoms with van der Waals surface area (Å²) in [6, 6.07) is 16.4. The molecule has 2 fully saturated rings. The highest BCUT2D eigenvalue weighted by atomic mass is 16.5. The lowest BCUT2D eigenvalue weighted by Gasteiger charge is -2.53. The summed E-state index contributed by atoms with van der Waals surface area (Å²) >= 11 is 0. The number of nitrogens with zero attached hydrogens (tertiary/aromatic N) is 4. The van der Waals surface area contributed by atoms with Crippen LogP contribution in [0.2, 0.25) is 0 Å². The van der Waals surface area contributed by atoms with Crippen LogP contribution in [0.25, 0.3) is 0 Å². The second-order valence-corrected chi connectivity index (χ2v) is 11.4. The van der Waals surface area contributed by atoms with E-state index in [1.54, 1.807) is 12.4 Å². The standard InChI is InChI=1S/C31H37N5O3/c1-34-28-18-27(35-21-31(22-35)12-15-39-16-13-31)10-9-25(28)7-8-26(29(34)37)11-14-32-30(38)36-20-24(19-33-36)17-23-5-3-2-4-6-23/h2-6,9-10,18-20,26H,7-8,11-17,21-22H2,1H3,(H,32,38). The fourth-order valence-electron chi connectivity index (χ4n) is 6.28. The Labute approximate surface area is 229 Å². The Morgan fingerprint density at radius 2 is 1.90 bits per heavy atom. The highest BCUT2D eigenvalue weighted by Gasteiger charge is 2.44. The molecule has 2 amide bonds. The molecular weight excluding hydrogens is 490 g/mol. The van der Waals surface area contributed by atoms with Gasteiger partial charge in [0.05, 0.1) is 6.20 Å². The van der Waals surface area contributed by atoms with Crippen LogP contribution in [0, 0.1) is 11.3 Å². The first kappa shape index (κ1) is 25.6. The molecule has 4 heterocycles. The number of ether oxygens (including phenoxy) is 1. The maximum atomic E-state index is 13.4. The largest absolute Gasteiger partial charge is 0.381 e. The number of benzene rings is 2. The Morgan fingerprint density at radius 3 is 2.69 bits per heavy atom. The van der Waals surface area contributed by atoms with Gasteiger partial charge in [-0.25, -0.2) is 4.79 Å². The number of rotatable bonds is 6. The first-order chi connectivity index (χ1) is 19.0. The van der Waals surface area contributed by atoms with E-state index < -0.39 is 0 Å². The van der Waals surface area contributed by atoms with Crippen LogP contribution in [-0.2, 0) is 22.4 Å². The van der Waals surface area contributed by atoms with Gasteiger partial charge in [-0.2, -0.15) is 9.78 Å². The van der Waals surface area contributed by atoms with Crippen molar-refractivity contribution in [1.82, 2.24) is 15.1 Å². The molecule has 3 aromatic rings. The Balaban J connectivity index is 1.02. The molecule has 39 heavy (non-hydrogen) atoms. The van der Waals surface area contributed by atoms with E-state index in [-0.39, 0.29) is 17.9 Å². The summed E-state index contributed by atoms with van der Waals surface area (Å²) < 4.78 is 6.90. The molecule has 0 aliphatic carbocycles. The van der Waals surface area contributed by atoms with Gasteiger partial charge >= 0.3 is 6.03 Å². The van der Waals surface area contributed by atoms with E-state index >= 15 is 0 Å². The average molecular weight is 528 g/mol. The first-order valence-electron chi connectivity index (χ1n) is 14.1. The van der Waals surface area contributed by atoms with Crippen molar-refractivity contribution in [3.8, 4) is 0 Å². The smallest absolute Gasteiger partial charge is 0.342 e. The Morgan fingerprint density at radius 1 is 1.10 bits per heavy atom. The van der Waals surface area contributed by atoms with E-state index in [0.717, 1.165) is 69.7 Å². The molecule has 8 nitrogen and oxygen atoms in total. The van der Waals surface area contributed by atoms with Gasteiger partial charge in [0.1, 0.15) is 0 Å². The third kappa shape index (κ3) is 5.43. The van der Waals surface area contributed by atoms with Crippen LogP contribution in [0.15, 0.2) is 60.9 Å². The van der Waals surface area contributed by atoms with Gasteiger partial charge in [0, 0.05) is 75.2 Å². The van der Waals surface area contributed by atoms with Gasteiger partial charge in [0.2, 0.25) is 5.91 Å². The van der Waals surface area contributed by atoms with Crippen molar-refractivity contribution in [2.75, 3.05) is 49.7 Å². The number of nitrogens with one attached hydrogen (secondary N) is 1. The lowest BCUT2D eigenvalue weighted by atomic mass is 9.73. The number of hydrogen-bond donors (Lipinski definition) is 1. The van der Waals surface area contributed by atoms with Gasteiger partial charge in [0.15, 0.2) is 0 Å². The third-order valence-corrected chi connectivity index (χ3v) is 8.71. The molecule has 6 rings (SSSR count). The number of anilines is 2. The molecule has 204 valence electrons. The number of aryl methyl sites for hydroxylation is 1. The van der Waals surface area contributed by atoms with Gasteiger partial charge in [-0.05, 0) is 60.9 Å². The first-order valence-corrected chi connectivity index (χ1v) is 14.1. The number of carbonyl (C=O) groups excluding carboxylic acids is 2. The summed E-state index contributed by atoms with van der Waals surface area (Å²) in [5.74, 6) is -0.0131. The molecule has 1 N–H and O–H groups in total. The number of hydrogen-bond acceptors (Lipinski definition) is 5. The Hall–Kier alpha value is -3.65. The van der Waals surface area contributed by atoms with Crippen molar-refractivity contribution in [2.45, 2.75) is 38.5 Å². The number of carbonyl (C=O) groups is 2. The number of fused-ring (bicyclic) bond motifs is 1. The molecule has 1 unspecified atom stereocenters. The lowest BCUT2D eigenvalue weighted by Crippen LogP contribution is -2.58. The van der Waals surface area contributed by atoms with E-state index in [1.807, 2.05) is 30.1 Å². The molecule has 8 heteroatoms. The molecule has 2 aromatic carbocycles. The zero-order valence-electron chi connectivity index (χ0n) is 22.6. The molecule has 0 radical (unpaired) electrons. The minimum Gasteiger partial charge on any atom is -0.381 e. The third-order valence-electron chi connectivity index (χ3n) is 8.71. The second-order valence-electron chi connectivity index (χ2n) is 11.4. The molecule has 2 saturated heterocycles. The normalized spacial score (nSPS) is 20.3. The van der Waals surface area contributed by atoms with Crippen molar-refractivity contribution in [3.63, 3.8) is 0 Å². The van der Waals surface area contributed by atoms with Gasteiger partial charge in [-0.1, -0.05) is 36.4 Å². The maximum Gasteiger partial charge on any atom is 0.342 e. The van der Waals surface area contributed by atoms with E-state index in [9.17, 15) is 9.59 Å². The lowest BCUT2D eigenvalue weighted by molar-refractivity contribution is -0.122. The molecule has 1 aromatic heterocycles. The fraction of sp³-hybridized carbons (Fsp3) is 0.452. The predicted molar refractivity (Wildman–Crippen MR) is 151 cm³/mol. The molecule has 1 spiro atoms. The van der Waals surface area contributed by atoms with Crippen LogP contribution in [0.5, 0.6) is 0 Å². The highest BCUT2D eigenvalue weighted by molar-refractivity contribution is 5.96. The quantitative estimate of drug-likeness (QED) is 0.518. The minimum absolute atomic E-state index is 0.119. The summed E-state index contributed by atoms with van der Waals surface area (Å²) in [7, 11) is 1.88. The average Bonchev–Trinajstić information content (AvgIpc) is 3.38. The van der Waals surface area contributed by atoms with E-state index in [2.05, 4.69) is 45.6 Å². The van der Waals surface area contributed by atoms with E-state index in [4.69, 9.17) is 4.74 Å². The highest BCUT2D eigenvalue weighted by Crippen LogP contribution is 2.43. The van der Waals surface area contributed by atoms with Crippen LogP contribution >= 0.6 is 0 Å². The summed E-state index contributed by atoms with van der Waals surface area (Å²) in [5, 5.41) is 7.17. The van der Waals surface area contributed by atoms with Crippen molar-refractivity contribution < 1.29 is 14.3 Å². The number of amides is 2. The summed E-state index contributed by atoms with van der Waals surface area (Å²) in [6.45, 7) is 4.30. The van der Waals surface area contributed by atoms with Crippen molar-refractivity contribution in [2.24, 2.45) is 11.3 Å². The van der Waals surface area contributed by atoms with Crippen LogP contribution in [0.3, 0.4) is 0 Å². The molecule has 1 atom stereocenters. The topological polar surface area (TPSA) is 79.7 Å². The Bertz CT molecular complexity index is 1320. The van der Waals surface area contributed by atoms with Crippen LogP contribution < -0.4 is 15.1 Å². The van der Waals surface area contributed by atoms with E-state index in [0.29, 0.717) is 18.4 Å². The van der Waals surface area contributed by atoms with Crippen molar-refractivity contribution >= 4 is 23.3 Å². The monoisotopic (exact) mass is 527 g/mol. The van der Waals surface area contributed by atoms with Gasteiger partial charge in [-0.15, -0.1) is 0 Å². The molecule has 3 aliphatic heterocycles. The maximum absolute atomic E-state index is 13.4. The van der Waals surface area contributed by atoms with E-state index in [1.165, 1.54) is 21.5 Å². The van der Waals surface area contributed by atoms with Crippen molar-refractivity contribution in [3.05, 3.63) is 77.6 Å². The van der Waals surface area contributed by atoms with Gasteiger partial charge < -0.3 is 19.9 Å². The second kappa shape index (κ2) is 10.8. The zero-order chi connectivity index (χ0) is 26.8. The molecule has 3 aliphatic rings. The Kier molecular flexibility index (Phi) is 7.12. The molecular formula is C31H37N5O3. The minimum atomic E-state index is -0.270. The summed E-state index contributed by atoms with van der Waals surface area (Å²) in [4.78, 5) is 30.3. The van der Waals surface area contributed by atoms with Crippen LogP contribution in [-0.4, -0.2) is 61.6 Å². The zero-order valence-corrected chi connectivity index (χ0v) is 22.6. The summed E-state index contributed by atoms with van der Waals surface area (Å²) in [6.07, 6.45) is 8.74. The predicted octanol–water partition coefficient (Wildman–Crippen LogP) is 4.26. The summed E-state index contributed by atoms with van der Waals surface area (Å²) in [5.41, 5.74) is 5.98. The van der Waals surface area contributed by atoms with Crippen molar-refractivity contribution in [1.29, 1.82) is 0 Å². The van der Waals surface area contributed by atoms with Gasteiger partial charge in [-0.3, -0.25) is 4.79 Å². The van der Waals surface area contributed by atoms with Gasteiger partial charge in [0.25, 0.3) is 0 Å². The van der Waals surface area contributed by atoms with Crippen LogP contribution in [0.1, 0.15) is 42.4 Å².